The van der Waals surface area contributed by atoms with Gasteiger partial charge in [-0.15, -0.1) is 5.10 Å². The maximum atomic E-state index is 9.61. The molecule has 2 fully saturated rings. The molecule has 0 amide bonds. The number of aliphatic hydroxyl groups is 1. The smallest absolute Gasteiger partial charge is 0.168 e. The van der Waals surface area contributed by atoms with Gasteiger partial charge in [-0.1, -0.05) is 0 Å². The van der Waals surface area contributed by atoms with E-state index in [4.69, 9.17) is 0 Å². The van der Waals surface area contributed by atoms with E-state index >= 15 is 0 Å². The Morgan fingerprint density at radius 3 is 2.55 bits per heavy atom. The summed E-state index contributed by atoms with van der Waals surface area (Å²) >= 11 is 0. The Hall–Kier alpha value is -1.01. The van der Waals surface area contributed by atoms with Crippen molar-refractivity contribution in [1.29, 1.82) is 0 Å². The average Bonchev–Trinajstić information content (AvgIpc) is 2.90. The van der Waals surface area contributed by atoms with Crippen LogP contribution in [0.15, 0.2) is 0 Å². The second-order valence-corrected chi connectivity index (χ2v) is 7.19. The molecule has 0 spiro atoms. The van der Waals surface area contributed by atoms with Crippen molar-refractivity contribution in [2.75, 3.05) is 13.2 Å². The summed E-state index contributed by atoms with van der Waals surface area (Å²) in [7, 11) is 0. The molecule has 2 aliphatic rings. The monoisotopic (exact) mass is 279 g/mol. The Morgan fingerprint density at radius 1 is 1.20 bits per heavy atom. The third kappa shape index (κ3) is 2.59. The minimum Gasteiger partial charge on any atom is -0.395 e. The van der Waals surface area contributed by atoms with E-state index < -0.39 is 0 Å². The first kappa shape index (κ1) is 13.9. The summed E-state index contributed by atoms with van der Waals surface area (Å²) in [6.45, 7) is 7.68. The molecule has 112 valence electrons. The fourth-order valence-electron chi connectivity index (χ4n) is 3.16. The molecule has 1 N–H and O–H groups in total. The summed E-state index contributed by atoms with van der Waals surface area (Å²) in [5.74, 6) is 1.76. The van der Waals surface area contributed by atoms with Crippen molar-refractivity contribution in [3.8, 4) is 0 Å². The van der Waals surface area contributed by atoms with Crippen LogP contribution in [0.1, 0.15) is 58.3 Å². The van der Waals surface area contributed by atoms with Gasteiger partial charge in [0.05, 0.1) is 18.2 Å². The lowest BCUT2D eigenvalue weighted by Crippen LogP contribution is -2.38. The van der Waals surface area contributed by atoms with Crippen molar-refractivity contribution in [1.82, 2.24) is 25.1 Å². The van der Waals surface area contributed by atoms with Crippen molar-refractivity contribution in [3.05, 3.63) is 5.82 Å². The fourth-order valence-corrected chi connectivity index (χ4v) is 3.16. The highest BCUT2D eigenvalue weighted by atomic mass is 16.3. The zero-order valence-electron chi connectivity index (χ0n) is 12.7. The zero-order chi connectivity index (χ0) is 14.3. The van der Waals surface area contributed by atoms with Gasteiger partial charge in [-0.2, -0.15) is 0 Å². The number of aromatic nitrogens is 4. The molecular formula is C14H25N5O. The van der Waals surface area contributed by atoms with Gasteiger partial charge in [0, 0.05) is 12.6 Å². The molecule has 1 aromatic rings. The first-order chi connectivity index (χ1) is 9.50. The molecule has 1 aliphatic heterocycles. The molecule has 0 unspecified atom stereocenters. The minimum atomic E-state index is -0.110. The fraction of sp³-hybridized carbons (Fsp3) is 0.929. The van der Waals surface area contributed by atoms with E-state index in [1.165, 1.54) is 12.8 Å². The number of hydrogen-bond donors (Lipinski definition) is 1. The van der Waals surface area contributed by atoms with Crippen LogP contribution in [0.5, 0.6) is 0 Å². The summed E-state index contributed by atoms with van der Waals surface area (Å²) in [4.78, 5) is 2.44. The third-order valence-electron chi connectivity index (χ3n) is 4.45. The van der Waals surface area contributed by atoms with Crippen molar-refractivity contribution < 1.29 is 5.11 Å². The molecule has 6 nitrogen and oxygen atoms in total. The van der Waals surface area contributed by atoms with Crippen LogP contribution in [0.3, 0.4) is 0 Å². The van der Waals surface area contributed by atoms with Gasteiger partial charge in [0.2, 0.25) is 0 Å². The molecule has 6 heteroatoms. The maximum absolute atomic E-state index is 9.61. The van der Waals surface area contributed by atoms with Gasteiger partial charge in [-0.3, -0.25) is 4.90 Å². The number of likely N-dealkylation sites (tertiary alicyclic amines) is 1. The van der Waals surface area contributed by atoms with Crippen LogP contribution in [0.4, 0.5) is 0 Å². The predicted octanol–water partition coefficient (Wildman–Crippen LogP) is 1.34. The third-order valence-corrected chi connectivity index (χ3v) is 4.45. The molecule has 1 aliphatic carbocycles. The van der Waals surface area contributed by atoms with Crippen LogP contribution in [0.25, 0.3) is 0 Å². The van der Waals surface area contributed by atoms with Gasteiger partial charge in [0.1, 0.15) is 0 Å². The summed E-state index contributed by atoms with van der Waals surface area (Å²) in [5.41, 5.74) is -0.110. The standard InChI is InChI=1S/C14H25N5O/c1-14(2,3)19-13(15-16-17-19)12-7-6-11(9-20)18(12)8-10-4-5-10/h10-12,20H,4-9H2,1-3H3/t11-,12-/m0/s1. The van der Waals surface area contributed by atoms with Gasteiger partial charge in [0.25, 0.3) is 0 Å². The molecule has 1 saturated carbocycles. The molecule has 2 heterocycles. The van der Waals surface area contributed by atoms with Crippen molar-refractivity contribution >= 4 is 0 Å². The zero-order valence-corrected chi connectivity index (χ0v) is 12.7. The number of tetrazole rings is 1. The lowest BCUT2D eigenvalue weighted by molar-refractivity contribution is 0.116. The number of rotatable bonds is 4. The van der Waals surface area contributed by atoms with Crippen LogP contribution < -0.4 is 0 Å². The van der Waals surface area contributed by atoms with Gasteiger partial charge in [-0.25, -0.2) is 4.68 Å². The summed E-state index contributed by atoms with van der Waals surface area (Å²) in [5, 5.41) is 22.0. The van der Waals surface area contributed by atoms with Gasteiger partial charge < -0.3 is 5.11 Å². The molecule has 2 atom stereocenters. The van der Waals surface area contributed by atoms with Crippen molar-refractivity contribution in [3.63, 3.8) is 0 Å². The second kappa shape index (κ2) is 5.07. The molecule has 0 bridgehead atoms. The molecule has 0 aromatic carbocycles. The lowest BCUT2D eigenvalue weighted by Gasteiger charge is -2.30. The number of hydrogen-bond acceptors (Lipinski definition) is 5. The molecular weight excluding hydrogens is 254 g/mol. The normalized spacial score (nSPS) is 28.2. The topological polar surface area (TPSA) is 67.1 Å². The Bertz CT molecular complexity index is 462. The first-order valence-electron chi connectivity index (χ1n) is 7.66. The van der Waals surface area contributed by atoms with E-state index in [0.717, 1.165) is 31.1 Å². The number of nitrogens with zero attached hydrogens (tertiary/aromatic N) is 5. The Kier molecular flexibility index (Phi) is 3.54. The second-order valence-electron chi connectivity index (χ2n) is 7.19. The van der Waals surface area contributed by atoms with Gasteiger partial charge in [0.15, 0.2) is 5.82 Å². The predicted molar refractivity (Wildman–Crippen MR) is 75.1 cm³/mol. The molecule has 1 saturated heterocycles. The quantitative estimate of drug-likeness (QED) is 0.901. The molecule has 3 rings (SSSR count). The lowest BCUT2D eigenvalue weighted by atomic mass is 10.1. The van der Waals surface area contributed by atoms with E-state index in [0.29, 0.717) is 0 Å². The highest BCUT2D eigenvalue weighted by Crippen LogP contribution is 2.40. The van der Waals surface area contributed by atoms with E-state index in [-0.39, 0.29) is 24.2 Å². The maximum Gasteiger partial charge on any atom is 0.168 e. The first-order valence-corrected chi connectivity index (χ1v) is 7.66. The van der Waals surface area contributed by atoms with Gasteiger partial charge in [-0.05, 0) is 62.8 Å². The molecule has 1 aromatic heterocycles. The van der Waals surface area contributed by atoms with Crippen LogP contribution in [0.2, 0.25) is 0 Å². The van der Waals surface area contributed by atoms with Crippen LogP contribution in [-0.4, -0.2) is 49.4 Å². The van der Waals surface area contributed by atoms with E-state index in [2.05, 4.69) is 41.2 Å². The van der Waals surface area contributed by atoms with E-state index in [1.807, 2.05) is 4.68 Å². The summed E-state index contributed by atoms with van der Waals surface area (Å²) in [6.07, 6.45) is 4.72. The van der Waals surface area contributed by atoms with Crippen molar-refractivity contribution in [2.45, 2.75) is 64.1 Å². The molecule has 20 heavy (non-hydrogen) atoms. The summed E-state index contributed by atoms with van der Waals surface area (Å²) in [6, 6.07) is 0.521. The van der Waals surface area contributed by atoms with Crippen LogP contribution in [-0.2, 0) is 5.54 Å². The highest BCUT2D eigenvalue weighted by molar-refractivity contribution is 5.03. The molecule has 0 radical (unpaired) electrons. The Labute approximate surface area is 120 Å². The highest BCUT2D eigenvalue weighted by Gasteiger charge is 2.40. The van der Waals surface area contributed by atoms with Crippen molar-refractivity contribution in [2.24, 2.45) is 5.92 Å². The Morgan fingerprint density at radius 2 is 1.95 bits per heavy atom. The SMILES string of the molecule is CC(C)(C)n1nnnc1[C@@H]1CC[C@@H](CO)N1CC1CC1. The average molecular weight is 279 g/mol. The Balaban J connectivity index is 1.86. The van der Waals surface area contributed by atoms with Crippen LogP contribution in [0, 0.1) is 5.92 Å². The largest absolute Gasteiger partial charge is 0.395 e. The van der Waals surface area contributed by atoms with Gasteiger partial charge >= 0.3 is 0 Å². The van der Waals surface area contributed by atoms with E-state index in [9.17, 15) is 5.11 Å². The summed E-state index contributed by atoms with van der Waals surface area (Å²) < 4.78 is 1.94. The minimum absolute atomic E-state index is 0.110. The number of aliphatic hydroxyl groups excluding tert-OH is 1. The van der Waals surface area contributed by atoms with Crippen LogP contribution >= 0.6 is 0 Å². The van der Waals surface area contributed by atoms with E-state index in [1.54, 1.807) is 0 Å².